The maximum absolute atomic E-state index is 13.2. The highest BCUT2D eigenvalue weighted by molar-refractivity contribution is 6.16. The molecule has 4 aromatic rings. The number of piperazine rings is 1. The number of pyridine rings is 1. The number of rotatable bonds is 14. The van der Waals surface area contributed by atoms with Gasteiger partial charge in [0.1, 0.15) is 28.5 Å². The zero-order chi connectivity index (χ0) is 33.5. The first-order valence-corrected chi connectivity index (χ1v) is 16.2. The van der Waals surface area contributed by atoms with Crippen molar-refractivity contribution in [2.24, 2.45) is 11.1 Å². The first-order chi connectivity index (χ1) is 23.4. The highest BCUT2D eigenvalue weighted by atomic mass is 19.1. The Morgan fingerprint density at radius 1 is 0.875 bits per heavy atom. The Morgan fingerprint density at radius 2 is 1.50 bits per heavy atom. The van der Waals surface area contributed by atoms with E-state index in [1.807, 2.05) is 12.1 Å². The highest BCUT2D eigenvalue weighted by Gasteiger charge is 2.56. The molecule has 2 fully saturated rings. The zero-order valence-corrected chi connectivity index (χ0v) is 27.0. The molecule has 2 aliphatic rings. The van der Waals surface area contributed by atoms with E-state index < -0.39 is 17.1 Å². The molecule has 1 aromatic heterocycles. The minimum absolute atomic E-state index is 0.385. The topological polar surface area (TPSA) is 131 Å². The Labute approximate surface area is 279 Å². The molecular formula is C36H41FN6O5. The van der Waals surface area contributed by atoms with Crippen molar-refractivity contribution in [3.8, 4) is 17.2 Å². The molecule has 3 aromatic carbocycles. The number of benzene rings is 3. The van der Waals surface area contributed by atoms with E-state index in [4.69, 9.17) is 19.9 Å². The molecule has 11 nitrogen and oxygen atoms in total. The highest BCUT2D eigenvalue weighted by Crippen LogP contribution is 2.47. The molecule has 1 aliphatic heterocycles. The number of aromatic nitrogens is 1. The van der Waals surface area contributed by atoms with E-state index in [0.29, 0.717) is 61.2 Å². The monoisotopic (exact) mass is 656 g/mol. The quantitative estimate of drug-likeness (QED) is 0.131. The lowest BCUT2D eigenvalue weighted by Gasteiger charge is -2.34. The van der Waals surface area contributed by atoms with Crippen LogP contribution in [0.2, 0.25) is 0 Å². The molecule has 6 rings (SSSR count). The fourth-order valence-electron chi connectivity index (χ4n) is 5.83. The van der Waals surface area contributed by atoms with E-state index in [9.17, 15) is 14.0 Å². The number of hydrogen-bond donors (Lipinski definition) is 3. The molecule has 0 atom stereocenters. The normalized spacial score (nSPS) is 16.0. The third-order valence-corrected chi connectivity index (χ3v) is 8.88. The lowest BCUT2D eigenvalue weighted by atomic mass is 10.0. The van der Waals surface area contributed by atoms with Gasteiger partial charge < -0.3 is 30.6 Å². The van der Waals surface area contributed by atoms with Crippen LogP contribution >= 0.6 is 0 Å². The molecule has 1 saturated heterocycles. The summed E-state index contributed by atoms with van der Waals surface area (Å²) in [5.41, 5.74) is 7.16. The summed E-state index contributed by atoms with van der Waals surface area (Å²) in [6, 6.07) is 18.0. The standard InChI is InChI=1S/C36H41FN6O5/c1-46-33-23-30-31(22-25(33)24-47-21-20-43-18-16-42(15-13-38)17-19-43)39-14-10-32(30)48-29-8-6-28(7-9-29)41-35(45)36(11-12-36)34(44)40-27-4-2-26(37)3-5-27/h2-10,14,22-23H,11-13,15-21,24,38H2,1H3,(H,40,44)(H,41,45). The first kappa shape index (κ1) is 33.3. The molecule has 2 heterocycles. The average molecular weight is 657 g/mol. The summed E-state index contributed by atoms with van der Waals surface area (Å²) in [5, 5.41) is 6.35. The second-order valence-electron chi connectivity index (χ2n) is 12.1. The van der Waals surface area contributed by atoms with Crippen LogP contribution in [0, 0.1) is 11.2 Å². The fourth-order valence-corrected chi connectivity index (χ4v) is 5.83. The number of nitrogens with zero attached hydrogens (tertiary/aromatic N) is 3. The van der Waals surface area contributed by atoms with Crippen LogP contribution in [-0.2, 0) is 20.9 Å². The van der Waals surface area contributed by atoms with Crippen LogP contribution in [0.25, 0.3) is 10.9 Å². The smallest absolute Gasteiger partial charge is 0.240 e. The number of nitrogens with one attached hydrogen (secondary N) is 2. The van der Waals surface area contributed by atoms with Gasteiger partial charge in [0.25, 0.3) is 0 Å². The van der Waals surface area contributed by atoms with E-state index >= 15 is 0 Å². The summed E-state index contributed by atoms with van der Waals surface area (Å²) >= 11 is 0. The number of hydrogen-bond acceptors (Lipinski definition) is 9. The minimum atomic E-state index is -1.15. The Kier molecular flexibility index (Phi) is 10.5. The van der Waals surface area contributed by atoms with Gasteiger partial charge >= 0.3 is 0 Å². The van der Waals surface area contributed by atoms with E-state index in [2.05, 4.69) is 25.4 Å². The van der Waals surface area contributed by atoms with Crippen molar-refractivity contribution >= 4 is 34.1 Å². The summed E-state index contributed by atoms with van der Waals surface area (Å²) in [4.78, 5) is 35.3. The van der Waals surface area contributed by atoms with E-state index in [-0.39, 0.29) is 5.91 Å². The molecular weight excluding hydrogens is 615 g/mol. The summed E-state index contributed by atoms with van der Waals surface area (Å²) in [6.07, 6.45) is 2.57. The van der Waals surface area contributed by atoms with Gasteiger partial charge in [0.2, 0.25) is 11.8 Å². The molecule has 0 spiro atoms. The Bertz CT molecular complexity index is 1720. The summed E-state index contributed by atoms with van der Waals surface area (Å²) in [6.45, 7) is 7.65. The zero-order valence-electron chi connectivity index (χ0n) is 27.0. The van der Waals surface area contributed by atoms with Gasteiger partial charge in [-0.25, -0.2) is 4.39 Å². The second-order valence-corrected chi connectivity index (χ2v) is 12.1. The van der Waals surface area contributed by atoms with Crippen molar-refractivity contribution in [2.45, 2.75) is 19.4 Å². The van der Waals surface area contributed by atoms with Gasteiger partial charge in [0.15, 0.2) is 0 Å². The van der Waals surface area contributed by atoms with Crippen molar-refractivity contribution in [1.82, 2.24) is 14.8 Å². The SMILES string of the molecule is COc1cc2c(Oc3ccc(NC(=O)C4(C(=O)Nc5ccc(F)cc5)CC4)cc3)ccnc2cc1COCCN1CCN(CCN)CC1. The number of halogens is 1. The average Bonchev–Trinajstić information content (AvgIpc) is 3.92. The number of ether oxygens (including phenoxy) is 3. The Balaban J connectivity index is 1.04. The Morgan fingerprint density at radius 3 is 2.10 bits per heavy atom. The molecule has 0 radical (unpaired) electrons. The van der Waals surface area contributed by atoms with Gasteiger partial charge in [-0.1, -0.05) is 0 Å². The number of methoxy groups -OCH3 is 1. The number of anilines is 2. The summed E-state index contributed by atoms with van der Waals surface area (Å²) in [7, 11) is 1.63. The van der Waals surface area contributed by atoms with Crippen LogP contribution in [0.15, 0.2) is 72.9 Å². The van der Waals surface area contributed by atoms with Crippen LogP contribution in [0.1, 0.15) is 18.4 Å². The van der Waals surface area contributed by atoms with E-state index in [1.165, 1.54) is 24.3 Å². The molecule has 252 valence electrons. The molecule has 48 heavy (non-hydrogen) atoms. The minimum Gasteiger partial charge on any atom is -0.496 e. The predicted octanol–water partition coefficient (Wildman–Crippen LogP) is 4.63. The van der Waals surface area contributed by atoms with E-state index in [1.54, 1.807) is 43.6 Å². The fraction of sp³-hybridized carbons (Fsp3) is 0.361. The van der Waals surface area contributed by atoms with Crippen LogP contribution < -0.4 is 25.8 Å². The molecule has 1 saturated carbocycles. The number of nitrogens with two attached hydrogens (primary N) is 1. The molecule has 0 unspecified atom stereocenters. The lowest BCUT2D eigenvalue weighted by molar-refractivity contribution is -0.131. The van der Waals surface area contributed by atoms with Gasteiger partial charge in [-0.05, 0) is 79.6 Å². The van der Waals surface area contributed by atoms with Crippen LogP contribution in [0.5, 0.6) is 17.2 Å². The van der Waals surface area contributed by atoms with Crippen molar-refractivity contribution in [3.05, 3.63) is 84.3 Å². The van der Waals surface area contributed by atoms with Gasteiger partial charge in [0, 0.05) is 74.3 Å². The maximum atomic E-state index is 13.2. The lowest BCUT2D eigenvalue weighted by Crippen LogP contribution is -2.48. The van der Waals surface area contributed by atoms with Crippen molar-refractivity contribution in [1.29, 1.82) is 0 Å². The number of carbonyl (C=O) groups is 2. The van der Waals surface area contributed by atoms with Crippen LogP contribution in [-0.4, -0.2) is 86.1 Å². The summed E-state index contributed by atoms with van der Waals surface area (Å²) < 4.78 is 31.2. The first-order valence-electron chi connectivity index (χ1n) is 16.2. The summed E-state index contributed by atoms with van der Waals surface area (Å²) in [5.74, 6) is 0.655. The van der Waals surface area contributed by atoms with Gasteiger partial charge in [0.05, 0.1) is 25.8 Å². The van der Waals surface area contributed by atoms with Gasteiger partial charge in [-0.2, -0.15) is 0 Å². The molecule has 12 heteroatoms. The number of fused-ring (bicyclic) bond motifs is 1. The third kappa shape index (κ3) is 7.91. The number of carbonyl (C=O) groups excluding carboxylic acids is 2. The largest absolute Gasteiger partial charge is 0.496 e. The van der Waals surface area contributed by atoms with Crippen LogP contribution in [0.4, 0.5) is 15.8 Å². The second kappa shape index (κ2) is 15.1. The van der Waals surface area contributed by atoms with Crippen molar-refractivity contribution in [2.75, 3.05) is 70.2 Å². The van der Waals surface area contributed by atoms with Gasteiger partial charge in [-0.15, -0.1) is 0 Å². The maximum Gasteiger partial charge on any atom is 0.240 e. The number of amides is 2. The van der Waals surface area contributed by atoms with E-state index in [0.717, 1.165) is 55.7 Å². The molecule has 0 bridgehead atoms. The molecule has 2 amide bonds. The predicted molar refractivity (Wildman–Crippen MR) is 182 cm³/mol. The third-order valence-electron chi connectivity index (χ3n) is 8.88. The van der Waals surface area contributed by atoms with Crippen molar-refractivity contribution < 1.29 is 28.2 Å². The van der Waals surface area contributed by atoms with Crippen LogP contribution in [0.3, 0.4) is 0 Å². The molecule has 4 N–H and O–H groups in total. The Hall–Kier alpha value is -4.62. The van der Waals surface area contributed by atoms with Gasteiger partial charge in [-0.3, -0.25) is 24.4 Å². The van der Waals surface area contributed by atoms with Crippen molar-refractivity contribution in [3.63, 3.8) is 0 Å². The molecule has 1 aliphatic carbocycles.